The third-order valence-electron chi connectivity index (χ3n) is 6.68. The average molecular weight is 417 g/mol. The lowest BCUT2D eigenvalue weighted by Gasteiger charge is -2.23. The van der Waals surface area contributed by atoms with Crippen LogP contribution in [0, 0.1) is 0 Å². The van der Waals surface area contributed by atoms with Gasteiger partial charge in [0.05, 0.1) is 5.02 Å². The van der Waals surface area contributed by atoms with E-state index in [9.17, 15) is 0 Å². The van der Waals surface area contributed by atoms with Crippen LogP contribution in [0.3, 0.4) is 0 Å². The molecule has 6 aromatic rings. The molecule has 0 N–H and O–H groups in total. The summed E-state index contributed by atoms with van der Waals surface area (Å²) in [5.74, 6) is 0. The van der Waals surface area contributed by atoms with Gasteiger partial charge in [0, 0.05) is 32.7 Å². The molecule has 0 radical (unpaired) electrons. The highest BCUT2D eigenvalue weighted by Crippen LogP contribution is 2.53. The summed E-state index contributed by atoms with van der Waals surface area (Å²) in [5.41, 5.74) is 5.51. The molecule has 0 aliphatic carbocycles. The molecule has 144 valence electrons. The van der Waals surface area contributed by atoms with E-state index in [1.807, 2.05) is 12.1 Å². The van der Waals surface area contributed by atoms with Crippen LogP contribution >= 0.6 is 11.6 Å². The lowest BCUT2D eigenvalue weighted by atomic mass is 9.85. The standard InChI is InChI=1S/C28H13ClO2/c29-20-13-12-17-15-7-2-3-8-18(15)26-25-23(17)28(20)31-27-19-9-4-1-6-14(19)16-10-5-11-21(30-26)22(16)24(25)27/h1-13H. The quantitative estimate of drug-likeness (QED) is 0.182. The number of rotatable bonds is 0. The van der Waals surface area contributed by atoms with Crippen molar-refractivity contribution in [2.75, 3.05) is 0 Å². The van der Waals surface area contributed by atoms with E-state index in [2.05, 4.69) is 66.7 Å². The van der Waals surface area contributed by atoms with Gasteiger partial charge in [-0.2, -0.15) is 0 Å². The molecule has 2 nitrogen and oxygen atoms in total. The topological polar surface area (TPSA) is 26.3 Å². The third-order valence-corrected chi connectivity index (χ3v) is 6.98. The molecule has 0 saturated heterocycles. The fraction of sp³-hybridized carbons (Fsp3) is 0. The summed E-state index contributed by atoms with van der Waals surface area (Å²) in [4.78, 5) is 0. The van der Waals surface area contributed by atoms with Gasteiger partial charge in [0.2, 0.25) is 0 Å². The van der Waals surface area contributed by atoms with E-state index >= 15 is 0 Å². The molecule has 0 aromatic heterocycles. The molecule has 8 rings (SSSR count). The number of halogens is 1. The first-order valence-corrected chi connectivity index (χ1v) is 10.7. The van der Waals surface area contributed by atoms with E-state index in [-0.39, 0.29) is 0 Å². The maximum Gasteiger partial charge on any atom is 0.154 e. The number of hydrogen-bond acceptors (Lipinski definition) is 2. The van der Waals surface area contributed by atoms with Gasteiger partial charge in [-0.15, -0.1) is 0 Å². The van der Waals surface area contributed by atoms with Gasteiger partial charge in [-0.25, -0.2) is 0 Å². The highest BCUT2D eigenvalue weighted by molar-refractivity contribution is 6.40. The van der Waals surface area contributed by atoms with Gasteiger partial charge in [0.15, 0.2) is 5.58 Å². The van der Waals surface area contributed by atoms with Crippen molar-refractivity contribution < 1.29 is 8.83 Å². The predicted molar refractivity (Wildman–Crippen MR) is 129 cm³/mol. The van der Waals surface area contributed by atoms with Crippen LogP contribution in [-0.2, 0) is 0 Å². The molecule has 6 aromatic carbocycles. The molecule has 0 bridgehead atoms. The predicted octanol–water partition coefficient (Wildman–Crippen LogP) is 8.99. The van der Waals surface area contributed by atoms with E-state index in [0.717, 1.165) is 65.6 Å². The highest BCUT2D eigenvalue weighted by atomic mass is 35.5. The van der Waals surface area contributed by atoms with Crippen molar-refractivity contribution in [1.82, 2.24) is 0 Å². The molecule has 2 aliphatic rings. The summed E-state index contributed by atoms with van der Waals surface area (Å²) in [6.07, 6.45) is 0. The Labute approximate surface area is 180 Å². The van der Waals surface area contributed by atoms with Crippen LogP contribution < -0.4 is 0 Å². The van der Waals surface area contributed by atoms with Crippen molar-refractivity contribution in [2.45, 2.75) is 0 Å². The average Bonchev–Trinajstić information content (AvgIpc) is 2.83. The zero-order chi connectivity index (χ0) is 20.3. The van der Waals surface area contributed by atoms with Crippen molar-refractivity contribution in [3.05, 3.63) is 83.9 Å². The fourth-order valence-corrected chi connectivity index (χ4v) is 5.65. The van der Waals surface area contributed by atoms with E-state index in [0.29, 0.717) is 10.6 Å². The second kappa shape index (κ2) is 5.29. The summed E-state index contributed by atoms with van der Waals surface area (Å²) in [5, 5.41) is 9.51. The van der Waals surface area contributed by atoms with Crippen molar-refractivity contribution in [2.24, 2.45) is 0 Å². The van der Waals surface area contributed by atoms with Gasteiger partial charge in [0.1, 0.15) is 16.7 Å². The Morgan fingerprint density at radius 2 is 1.03 bits per heavy atom. The van der Waals surface area contributed by atoms with Crippen LogP contribution in [0.4, 0.5) is 0 Å². The molecular formula is C28H13ClO2. The summed E-state index contributed by atoms with van der Waals surface area (Å²) >= 11 is 6.70. The first-order chi connectivity index (χ1) is 15.3. The van der Waals surface area contributed by atoms with Crippen molar-refractivity contribution in [1.29, 1.82) is 0 Å². The first-order valence-electron chi connectivity index (χ1n) is 10.3. The molecule has 0 atom stereocenters. The number of hydrogen-bond donors (Lipinski definition) is 0. The van der Waals surface area contributed by atoms with Crippen molar-refractivity contribution >= 4 is 77.0 Å². The second-order valence-corrected chi connectivity index (χ2v) is 8.59. The van der Waals surface area contributed by atoms with E-state index in [1.54, 1.807) is 0 Å². The summed E-state index contributed by atoms with van der Waals surface area (Å²) in [6.45, 7) is 0. The van der Waals surface area contributed by atoms with Gasteiger partial charge in [-0.1, -0.05) is 78.3 Å². The smallest absolute Gasteiger partial charge is 0.154 e. The molecule has 0 saturated carbocycles. The minimum Gasteiger partial charge on any atom is -0.455 e. The van der Waals surface area contributed by atoms with Crippen molar-refractivity contribution in [3.63, 3.8) is 0 Å². The Morgan fingerprint density at radius 1 is 0.452 bits per heavy atom. The fourth-order valence-electron chi connectivity index (χ4n) is 5.46. The molecule has 0 spiro atoms. The Bertz CT molecular complexity index is 1950. The lowest BCUT2D eigenvalue weighted by Crippen LogP contribution is -1.97. The maximum atomic E-state index is 6.70. The summed E-state index contributed by atoms with van der Waals surface area (Å²) in [6, 6.07) is 27.1. The molecule has 2 heterocycles. The highest BCUT2D eigenvalue weighted by Gasteiger charge is 2.28. The minimum atomic E-state index is 0.610. The summed E-state index contributed by atoms with van der Waals surface area (Å²) < 4.78 is 13.3. The zero-order valence-electron chi connectivity index (χ0n) is 16.2. The number of fused-ring (bicyclic) bond motifs is 6. The zero-order valence-corrected chi connectivity index (χ0v) is 17.0. The molecule has 31 heavy (non-hydrogen) atoms. The summed E-state index contributed by atoms with van der Waals surface area (Å²) in [7, 11) is 0. The number of benzene rings is 6. The van der Waals surface area contributed by atoms with Crippen LogP contribution in [0.25, 0.3) is 76.5 Å². The normalized spacial score (nSPS) is 12.7. The molecule has 3 heteroatoms. The molecular weight excluding hydrogens is 404 g/mol. The lowest BCUT2D eigenvalue weighted by molar-refractivity contribution is 0.651. The molecule has 0 fully saturated rings. The maximum absolute atomic E-state index is 6.70. The largest absolute Gasteiger partial charge is 0.455 e. The van der Waals surface area contributed by atoms with Gasteiger partial charge in [0.25, 0.3) is 0 Å². The van der Waals surface area contributed by atoms with Gasteiger partial charge >= 0.3 is 0 Å². The SMILES string of the molecule is Clc1ccc2c3ccccc3c3oc4cccc5c6ccccc6c6oc1c2c3-c6c45. The monoisotopic (exact) mass is 416 g/mol. The minimum absolute atomic E-state index is 0.610. The first kappa shape index (κ1) is 16.0. The van der Waals surface area contributed by atoms with Gasteiger partial charge in [-0.05, 0) is 33.7 Å². The van der Waals surface area contributed by atoms with Crippen LogP contribution in [0.5, 0.6) is 0 Å². The van der Waals surface area contributed by atoms with Crippen LogP contribution in [0.15, 0.2) is 87.7 Å². The third kappa shape index (κ3) is 1.78. The van der Waals surface area contributed by atoms with E-state index < -0.39 is 0 Å². The van der Waals surface area contributed by atoms with Crippen LogP contribution in [0.2, 0.25) is 5.02 Å². The van der Waals surface area contributed by atoms with E-state index in [1.165, 1.54) is 5.39 Å². The van der Waals surface area contributed by atoms with Crippen LogP contribution in [-0.4, -0.2) is 0 Å². The second-order valence-electron chi connectivity index (χ2n) is 8.18. The van der Waals surface area contributed by atoms with E-state index in [4.69, 9.17) is 20.4 Å². The van der Waals surface area contributed by atoms with Crippen LogP contribution in [0.1, 0.15) is 0 Å². The Hall–Kier alpha value is -3.75. The Kier molecular flexibility index (Phi) is 2.73. The van der Waals surface area contributed by atoms with Gasteiger partial charge in [-0.3, -0.25) is 0 Å². The molecule has 2 aliphatic heterocycles. The molecule has 0 unspecified atom stereocenters. The van der Waals surface area contributed by atoms with Gasteiger partial charge < -0.3 is 8.83 Å². The molecule has 0 amide bonds. The van der Waals surface area contributed by atoms with Crippen molar-refractivity contribution in [3.8, 4) is 11.1 Å². The Balaban J connectivity index is 1.87. The Morgan fingerprint density at radius 3 is 1.77 bits per heavy atom.